The maximum absolute atomic E-state index is 13.8. The van der Waals surface area contributed by atoms with E-state index in [0.29, 0.717) is 22.4 Å². The second-order valence-electron chi connectivity index (χ2n) is 10.1. The second-order valence-corrected chi connectivity index (χ2v) is 10.5. The molecule has 0 amide bonds. The zero-order chi connectivity index (χ0) is 23.8. The van der Waals surface area contributed by atoms with Crippen LogP contribution >= 0.6 is 11.6 Å². The standard InChI is InChI=1S/C24H31ClFN3O3/c1-14-18(20(22(30)31)32-23(2,3)4)19(29-9-7-24(5,6)8-10-29)16(13-27-14)15-11-17(25)21(26)28-12-15/h11-13,20H,7-10H2,1-6H3,(H,30,31). The van der Waals surface area contributed by atoms with Gasteiger partial charge in [-0.3, -0.25) is 4.98 Å². The van der Waals surface area contributed by atoms with Crippen LogP contribution in [0.4, 0.5) is 10.1 Å². The number of pyridine rings is 2. The van der Waals surface area contributed by atoms with Crippen molar-refractivity contribution in [1.82, 2.24) is 9.97 Å². The zero-order valence-corrected chi connectivity index (χ0v) is 20.3. The number of rotatable bonds is 5. The van der Waals surface area contributed by atoms with Crippen molar-refractivity contribution < 1.29 is 19.0 Å². The first-order valence-electron chi connectivity index (χ1n) is 10.8. The molecule has 1 N–H and O–H groups in total. The van der Waals surface area contributed by atoms with Crippen LogP contribution in [0.3, 0.4) is 0 Å². The molecule has 174 valence electrons. The van der Waals surface area contributed by atoms with Crippen molar-refractivity contribution in [1.29, 1.82) is 0 Å². The molecule has 0 aromatic carbocycles. The predicted molar refractivity (Wildman–Crippen MR) is 124 cm³/mol. The summed E-state index contributed by atoms with van der Waals surface area (Å²) >= 11 is 6.02. The van der Waals surface area contributed by atoms with Crippen LogP contribution in [0, 0.1) is 18.3 Å². The van der Waals surface area contributed by atoms with Crippen molar-refractivity contribution in [3.63, 3.8) is 0 Å². The number of carboxylic acid groups (broad SMARTS) is 1. The second kappa shape index (κ2) is 8.94. The van der Waals surface area contributed by atoms with Crippen LogP contribution in [-0.2, 0) is 9.53 Å². The number of ether oxygens (including phenoxy) is 1. The van der Waals surface area contributed by atoms with Crippen LogP contribution in [0.1, 0.15) is 64.8 Å². The van der Waals surface area contributed by atoms with Crippen LogP contribution in [0.15, 0.2) is 18.5 Å². The smallest absolute Gasteiger partial charge is 0.337 e. The first kappa shape index (κ1) is 24.4. The van der Waals surface area contributed by atoms with Gasteiger partial charge in [-0.15, -0.1) is 0 Å². The van der Waals surface area contributed by atoms with E-state index in [-0.39, 0.29) is 10.4 Å². The molecule has 1 fully saturated rings. The molecule has 8 heteroatoms. The Morgan fingerprint density at radius 1 is 1.25 bits per heavy atom. The quantitative estimate of drug-likeness (QED) is 0.564. The molecule has 3 rings (SSSR count). The van der Waals surface area contributed by atoms with E-state index in [1.54, 1.807) is 13.1 Å². The minimum absolute atomic E-state index is 0.101. The lowest BCUT2D eigenvalue weighted by molar-refractivity contribution is -0.160. The van der Waals surface area contributed by atoms with Crippen LogP contribution in [0.2, 0.25) is 5.02 Å². The van der Waals surface area contributed by atoms with Gasteiger partial charge in [0.1, 0.15) is 0 Å². The summed E-state index contributed by atoms with van der Waals surface area (Å²) in [5, 5.41) is 10.0. The van der Waals surface area contributed by atoms with Gasteiger partial charge in [0.15, 0.2) is 6.10 Å². The van der Waals surface area contributed by atoms with E-state index in [4.69, 9.17) is 16.3 Å². The van der Waals surface area contributed by atoms with E-state index in [0.717, 1.165) is 31.6 Å². The number of nitrogens with zero attached hydrogens (tertiary/aromatic N) is 3. The lowest BCUT2D eigenvalue weighted by Crippen LogP contribution is -2.39. The predicted octanol–water partition coefficient (Wildman–Crippen LogP) is 5.81. The van der Waals surface area contributed by atoms with Gasteiger partial charge in [-0.2, -0.15) is 4.39 Å². The molecule has 2 aromatic rings. The summed E-state index contributed by atoms with van der Waals surface area (Å²) in [6.07, 6.45) is 3.77. The number of halogens is 2. The molecule has 0 bridgehead atoms. The molecule has 3 heterocycles. The fraction of sp³-hybridized carbons (Fsp3) is 0.542. The Labute approximate surface area is 193 Å². The third-order valence-corrected chi connectivity index (χ3v) is 6.05. The van der Waals surface area contributed by atoms with Crippen molar-refractivity contribution in [2.24, 2.45) is 5.41 Å². The molecular weight excluding hydrogens is 433 g/mol. The minimum atomic E-state index is -1.21. The third-order valence-electron chi connectivity index (χ3n) is 5.79. The van der Waals surface area contributed by atoms with Crippen LogP contribution in [0.5, 0.6) is 0 Å². The molecular formula is C24H31ClFN3O3. The Hall–Kier alpha value is -2.25. The van der Waals surface area contributed by atoms with Crippen molar-refractivity contribution >= 4 is 23.3 Å². The van der Waals surface area contributed by atoms with Gasteiger partial charge in [0, 0.05) is 47.9 Å². The lowest BCUT2D eigenvalue weighted by atomic mass is 9.82. The van der Waals surface area contributed by atoms with E-state index in [1.165, 1.54) is 12.3 Å². The number of piperidine rings is 1. The van der Waals surface area contributed by atoms with Crippen LogP contribution in [-0.4, -0.2) is 39.7 Å². The molecule has 0 radical (unpaired) electrons. The minimum Gasteiger partial charge on any atom is -0.479 e. The highest BCUT2D eigenvalue weighted by molar-refractivity contribution is 6.30. The summed E-state index contributed by atoms with van der Waals surface area (Å²) in [7, 11) is 0. The SMILES string of the molecule is Cc1ncc(-c2cnc(F)c(Cl)c2)c(N2CCC(C)(C)CC2)c1C(OC(C)(C)C)C(=O)O. The maximum Gasteiger partial charge on any atom is 0.337 e. The van der Waals surface area contributed by atoms with Gasteiger partial charge < -0.3 is 14.7 Å². The molecule has 0 aliphatic carbocycles. The van der Waals surface area contributed by atoms with Crippen molar-refractivity contribution in [2.75, 3.05) is 18.0 Å². The van der Waals surface area contributed by atoms with E-state index in [1.807, 2.05) is 20.8 Å². The lowest BCUT2D eigenvalue weighted by Gasteiger charge is -2.40. The van der Waals surface area contributed by atoms with Crippen molar-refractivity contribution in [2.45, 2.75) is 66.1 Å². The Balaban J connectivity index is 2.25. The third kappa shape index (κ3) is 5.38. The first-order valence-corrected chi connectivity index (χ1v) is 11.1. The Bertz CT molecular complexity index is 1010. The van der Waals surface area contributed by atoms with Crippen LogP contribution < -0.4 is 4.90 Å². The summed E-state index contributed by atoms with van der Waals surface area (Å²) in [5.74, 6) is -1.84. The first-order chi connectivity index (χ1) is 14.8. The number of aromatic nitrogens is 2. The average Bonchev–Trinajstić information content (AvgIpc) is 2.68. The fourth-order valence-electron chi connectivity index (χ4n) is 3.96. The number of aliphatic carboxylic acids is 1. The molecule has 1 saturated heterocycles. The van der Waals surface area contributed by atoms with E-state index >= 15 is 0 Å². The normalized spacial score (nSPS) is 17.3. The van der Waals surface area contributed by atoms with Gasteiger partial charge in [-0.05, 0) is 52.0 Å². The number of aryl methyl sites for hydroxylation is 1. The van der Waals surface area contributed by atoms with Gasteiger partial charge in [0.05, 0.1) is 16.3 Å². The molecule has 0 spiro atoms. The Kier molecular flexibility index (Phi) is 6.82. The van der Waals surface area contributed by atoms with E-state index < -0.39 is 23.6 Å². The van der Waals surface area contributed by atoms with E-state index in [9.17, 15) is 14.3 Å². The van der Waals surface area contributed by atoms with Gasteiger partial charge >= 0.3 is 5.97 Å². The molecule has 1 aliphatic rings. The topological polar surface area (TPSA) is 75.5 Å². The van der Waals surface area contributed by atoms with Gasteiger partial charge in [-0.1, -0.05) is 25.4 Å². The Morgan fingerprint density at radius 2 is 1.88 bits per heavy atom. The van der Waals surface area contributed by atoms with Gasteiger partial charge in [0.2, 0.25) is 5.95 Å². The largest absolute Gasteiger partial charge is 0.479 e. The molecule has 32 heavy (non-hydrogen) atoms. The molecule has 1 unspecified atom stereocenters. The van der Waals surface area contributed by atoms with Crippen molar-refractivity contribution in [3.8, 4) is 11.1 Å². The zero-order valence-electron chi connectivity index (χ0n) is 19.5. The van der Waals surface area contributed by atoms with Gasteiger partial charge in [-0.25, -0.2) is 9.78 Å². The number of carboxylic acids is 1. The summed E-state index contributed by atoms with van der Waals surface area (Å²) in [6, 6.07) is 1.50. The number of hydrogen-bond donors (Lipinski definition) is 1. The Morgan fingerprint density at radius 3 is 2.41 bits per heavy atom. The van der Waals surface area contributed by atoms with Crippen molar-refractivity contribution in [3.05, 3.63) is 40.7 Å². The monoisotopic (exact) mass is 463 g/mol. The fourth-order valence-corrected chi connectivity index (χ4v) is 4.13. The number of carbonyl (C=O) groups is 1. The molecule has 6 nitrogen and oxygen atoms in total. The summed E-state index contributed by atoms with van der Waals surface area (Å²) in [4.78, 5) is 22.8. The van der Waals surface area contributed by atoms with E-state index in [2.05, 4.69) is 28.7 Å². The number of anilines is 1. The molecule has 1 aliphatic heterocycles. The maximum atomic E-state index is 13.8. The molecule has 0 saturated carbocycles. The highest BCUT2D eigenvalue weighted by atomic mass is 35.5. The van der Waals surface area contributed by atoms with Gasteiger partial charge in [0.25, 0.3) is 0 Å². The van der Waals surface area contributed by atoms with Crippen LogP contribution in [0.25, 0.3) is 11.1 Å². The highest BCUT2D eigenvalue weighted by Crippen LogP contribution is 2.43. The number of hydrogen-bond acceptors (Lipinski definition) is 5. The summed E-state index contributed by atoms with van der Waals surface area (Å²) in [6.45, 7) is 13.2. The average molecular weight is 464 g/mol. The summed E-state index contributed by atoms with van der Waals surface area (Å²) < 4.78 is 19.8. The molecule has 2 aromatic heterocycles. The molecule has 1 atom stereocenters. The highest BCUT2D eigenvalue weighted by Gasteiger charge is 2.35. The summed E-state index contributed by atoms with van der Waals surface area (Å²) in [5.41, 5.74) is 2.56.